The molecule has 1 unspecified atom stereocenters. The van der Waals surface area contributed by atoms with Crippen molar-refractivity contribution < 1.29 is 23.5 Å². The second kappa shape index (κ2) is 13.3. The lowest BCUT2D eigenvalue weighted by Crippen LogP contribution is -2.66. The topological polar surface area (TPSA) is 83.2 Å². The second-order valence-electron chi connectivity index (χ2n) is 11.6. The Kier molecular flexibility index (Phi) is 10.4. The van der Waals surface area contributed by atoms with E-state index in [1.807, 2.05) is 24.3 Å². The molecule has 40 heavy (non-hydrogen) atoms. The van der Waals surface area contributed by atoms with Crippen LogP contribution in [-0.4, -0.2) is 62.0 Å². The normalized spacial score (nSPS) is 14.3. The number of rotatable bonds is 12. The maximum atomic E-state index is 13.3. The summed E-state index contributed by atoms with van der Waals surface area (Å²) < 4.78 is 12.8. The number of carbonyl (C=O) groups is 2. The summed E-state index contributed by atoms with van der Waals surface area (Å²) in [6, 6.07) is 23.7. The second-order valence-corrected chi connectivity index (χ2v) is 15.9. The predicted octanol–water partition coefficient (Wildman–Crippen LogP) is 5.77. The van der Waals surface area contributed by atoms with Gasteiger partial charge in [-0.25, -0.2) is 4.79 Å². The Hall–Kier alpha value is -3.36. The molecule has 0 spiro atoms. The van der Waals surface area contributed by atoms with Gasteiger partial charge in [-0.3, -0.25) is 9.69 Å². The van der Waals surface area contributed by atoms with Crippen LogP contribution in [-0.2, 0) is 9.22 Å². The first-order valence-electron chi connectivity index (χ1n) is 13.9. The number of carboxylic acid groups (broad SMARTS) is 1. The van der Waals surface area contributed by atoms with Crippen molar-refractivity contribution >= 4 is 30.7 Å². The number of likely N-dealkylation sites (N-methyl/N-ethyl adjacent to an activating group) is 2. The number of carbonyl (C=O) groups excluding carboxylic acids is 1. The van der Waals surface area contributed by atoms with Crippen molar-refractivity contribution in [3.8, 4) is 0 Å². The van der Waals surface area contributed by atoms with E-state index < -0.39 is 20.5 Å². The molecule has 2 amide bonds. The highest BCUT2D eigenvalue weighted by Crippen LogP contribution is 2.37. The third-order valence-corrected chi connectivity index (χ3v) is 13.0. The van der Waals surface area contributed by atoms with Crippen LogP contribution in [0.2, 0.25) is 5.04 Å². The maximum absolute atomic E-state index is 13.3. The molecule has 3 aromatic rings. The zero-order valence-corrected chi connectivity index (χ0v) is 25.8. The summed E-state index contributed by atoms with van der Waals surface area (Å²) in [5.41, 5.74) is 0. The van der Waals surface area contributed by atoms with Gasteiger partial charge in [0.25, 0.3) is 8.32 Å². The first-order valence-corrected chi connectivity index (χ1v) is 15.8. The molecule has 8 heteroatoms. The van der Waals surface area contributed by atoms with Crippen molar-refractivity contribution in [3.05, 3.63) is 84.8 Å². The van der Waals surface area contributed by atoms with Crippen molar-refractivity contribution in [1.29, 1.82) is 0 Å². The number of hydrogen-bond donors (Lipinski definition) is 1. The fourth-order valence-corrected chi connectivity index (χ4v) is 10.2. The van der Waals surface area contributed by atoms with Crippen LogP contribution in [0.4, 0.5) is 4.79 Å². The molecule has 1 aromatic heterocycles. The summed E-state index contributed by atoms with van der Waals surface area (Å²) >= 11 is 0. The van der Waals surface area contributed by atoms with Crippen LogP contribution in [0.25, 0.3) is 0 Å². The van der Waals surface area contributed by atoms with Crippen molar-refractivity contribution in [3.63, 3.8) is 0 Å². The molecule has 0 saturated heterocycles. The van der Waals surface area contributed by atoms with Crippen LogP contribution >= 0.6 is 0 Å². The molecule has 0 aliphatic heterocycles. The fourth-order valence-electron chi connectivity index (χ4n) is 5.63. The minimum absolute atomic E-state index is 0.0465. The van der Waals surface area contributed by atoms with E-state index in [-0.39, 0.29) is 22.9 Å². The zero-order chi connectivity index (χ0) is 29.5. The number of benzene rings is 2. The van der Waals surface area contributed by atoms with Gasteiger partial charge in [-0.1, -0.05) is 88.4 Å². The lowest BCUT2D eigenvalue weighted by atomic mass is 9.93. The van der Waals surface area contributed by atoms with Gasteiger partial charge < -0.3 is 18.8 Å². The van der Waals surface area contributed by atoms with Gasteiger partial charge in [0, 0.05) is 20.7 Å². The molecule has 216 valence electrons. The molecule has 7 nitrogen and oxygen atoms in total. The Balaban J connectivity index is 1.80. The van der Waals surface area contributed by atoms with Gasteiger partial charge in [0.15, 0.2) is 0 Å². The number of hydrogen-bond acceptors (Lipinski definition) is 4. The molecule has 1 N–H and O–H groups in total. The van der Waals surface area contributed by atoms with Crippen molar-refractivity contribution in [2.45, 2.75) is 64.6 Å². The number of furan rings is 1. The highest BCUT2D eigenvalue weighted by molar-refractivity contribution is 6.99. The summed E-state index contributed by atoms with van der Waals surface area (Å²) in [7, 11) is 0.504. The summed E-state index contributed by atoms with van der Waals surface area (Å²) in [5.74, 6) is 0.452. The van der Waals surface area contributed by atoms with Crippen LogP contribution in [0.1, 0.15) is 59.3 Å². The SMILES string of the molecule is CC(C(=O)N(C)[C@H](c1ccco1)[C@H](C)CCCO[Si](c1ccccc1)(c1ccccc1)C(C)(C)C)N(C)C(=O)O. The summed E-state index contributed by atoms with van der Waals surface area (Å²) in [6.07, 6.45) is 2.06. The predicted molar refractivity (Wildman–Crippen MR) is 161 cm³/mol. The van der Waals surface area contributed by atoms with Crippen molar-refractivity contribution in [1.82, 2.24) is 9.80 Å². The lowest BCUT2D eigenvalue weighted by Gasteiger charge is -2.43. The van der Waals surface area contributed by atoms with Crippen LogP contribution in [0.15, 0.2) is 83.5 Å². The van der Waals surface area contributed by atoms with E-state index in [1.165, 1.54) is 17.4 Å². The highest BCUT2D eigenvalue weighted by atomic mass is 28.4. The van der Waals surface area contributed by atoms with Crippen molar-refractivity contribution in [2.24, 2.45) is 5.92 Å². The standard InChI is InChI=1S/C32H44N2O5Si/c1-24(29(28-21-15-22-38-28)34(7)30(35)25(2)33(6)31(36)37)16-14-23-39-40(32(3,4)5,26-17-10-8-11-18-26)27-19-12-9-13-20-27/h8-13,15,17-22,24-25,29H,14,16,23H2,1-7H3,(H,36,37)/t24-,25?,29+/m1/s1. The zero-order valence-electron chi connectivity index (χ0n) is 24.8. The fraction of sp³-hybridized carbons (Fsp3) is 0.438. The number of nitrogens with zero attached hydrogens (tertiary/aromatic N) is 2. The van der Waals surface area contributed by atoms with Crippen molar-refractivity contribution in [2.75, 3.05) is 20.7 Å². The molecule has 0 fully saturated rings. The molecule has 2 aromatic carbocycles. The summed E-state index contributed by atoms with van der Waals surface area (Å²) in [4.78, 5) is 27.4. The molecule has 0 aliphatic carbocycles. The Morgan fingerprint density at radius 2 is 1.45 bits per heavy atom. The quantitative estimate of drug-likeness (QED) is 0.223. The average Bonchev–Trinajstić information content (AvgIpc) is 3.46. The van der Waals surface area contributed by atoms with E-state index in [1.54, 1.807) is 25.1 Å². The third-order valence-electron chi connectivity index (χ3n) is 7.92. The maximum Gasteiger partial charge on any atom is 0.407 e. The molecule has 0 aliphatic rings. The summed E-state index contributed by atoms with van der Waals surface area (Å²) in [5, 5.41) is 11.8. The van der Waals surface area contributed by atoms with E-state index >= 15 is 0 Å². The van der Waals surface area contributed by atoms with Gasteiger partial charge >= 0.3 is 6.09 Å². The Labute approximate surface area is 239 Å². The largest absolute Gasteiger partial charge is 0.467 e. The molecular formula is C32H44N2O5Si. The van der Waals surface area contributed by atoms with E-state index in [9.17, 15) is 14.7 Å². The molecule has 0 radical (unpaired) electrons. The van der Waals surface area contributed by atoms with Gasteiger partial charge in [-0.15, -0.1) is 0 Å². The van der Waals surface area contributed by atoms with Gasteiger partial charge in [-0.2, -0.15) is 0 Å². The summed E-state index contributed by atoms with van der Waals surface area (Å²) in [6.45, 7) is 11.1. The highest BCUT2D eigenvalue weighted by Gasteiger charge is 2.50. The molecular weight excluding hydrogens is 520 g/mol. The van der Waals surface area contributed by atoms with E-state index in [2.05, 4.69) is 76.2 Å². The van der Waals surface area contributed by atoms with Crippen LogP contribution in [0.5, 0.6) is 0 Å². The third kappa shape index (κ3) is 6.67. The van der Waals surface area contributed by atoms with Gasteiger partial charge in [0.2, 0.25) is 5.91 Å². The Morgan fingerprint density at radius 1 is 0.900 bits per heavy atom. The minimum Gasteiger partial charge on any atom is -0.467 e. The molecule has 1 heterocycles. The van der Waals surface area contributed by atoms with E-state index in [4.69, 9.17) is 8.84 Å². The van der Waals surface area contributed by atoms with Gasteiger partial charge in [0.1, 0.15) is 11.8 Å². The lowest BCUT2D eigenvalue weighted by molar-refractivity contribution is -0.137. The monoisotopic (exact) mass is 564 g/mol. The molecule has 0 saturated carbocycles. The van der Waals surface area contributed by atoms with E-state index in [0.29, 0.717) is 12.4 Å². The number of amides is 2. The van der Waals surface area contributed by atoms with Gasteiger partial charge in [0.05, 0.1) is 12.3 Å². The average molecular weight is 565 g/mol. The molecule has 3 atom stereocenters. The van der Waals surface area contributed by atoms with Gasteiger partial charge in [-0.05, 0) is 53.2 Å². The Bertz CT molecular complexity index is 1170. The van der Waals surface area contributed by atoms with E-state index in [0.717, 1.165) is 17.7 Å². The Morgan fingerprint density at radius 3 is 1.90 bits per heavy atom. The minimum atomic E-state index is -2.62. The van der Waals surface area contributed by atoms with Crippen LogP contribution in [0, 0.1) is 5.92 Å². The molecule has 3 rings (SSSR count). The first kappa shape index (κ1) is 31.2. The smallest absolute Gasteiger partial charge is 0.407 e. The van der Waals surface area contributed by atoms with Crippen LogP contribution in [0.3, 0.4) is 0 Å². The first-order chi connectivity index (χ1) is 18.9. The molecule has 0 bridgehead atoms. The van der Waals surface area contributed by atoms with Crippen LogP contribution < -0.4 is 10.4 Å².